The number of carboxylic acids is 2. The molecule has 2 aromatic carbocycles. The molecule has 3 rings (SSSR count). The van der Waals surface area contributed by atoms with E-state index in [0.717, 1.165) is 16.1 Å². The maximum absolute atomic E-state index is 13.3. The van der Waals surface area contributed by atoms with Crippen molar-refractivity contribution in [1.82, 2.24) is 5.01 Å². The molecule has 154 valence electrons. The van der Waals surface area contributed by atoms with E-state index in [2.05, 4.69) is 11.1 Å². The average molecular weight is 420 g/mol. The number of hydrogen-bond acceptors (Lipinski definition) is 6. The fourth-order valence-electron chi connectivity index (χ4n) is 2.89. The summed E-state index contributed by atoms with van der Waals surface area (Å²) in [6, 6.07) is 14.3. The minimum atomic E-state index is -1.82. The fraction of sp³-hybridized carbons (Fsp3) is 0.250. The number of benzene rings is 2. The van der Waals surface area contributed by atoms with Gasteiger partial charge in [-0.25, -0.2) is 19.0 Å². The number of aliphatic carboxylic acids is 2. The molecule has 7 nitrogen and oxygen atoms in total. The van der Waals surface area contributed by atoms with E-state index in [1.807, 2.05) is 37.3 Å². The Morgan fingerprint density at radius 1 is 1.03 bits per heavy atom. The highest BCUT2D eigenvalue weighted by Crippen LogP contribution is 2.50. The normalized spacial score (nSPS) is 17.8. The second-order valence-electron chi connectivity index (χ2n) is 6.48. The SMILES string of the molecule is CC(=O)C1(c2ccc(F)cc2)CN(N(C)C)c2ccccc2S1.O=C(O)C(=O)O. The van der Waals surface area contributed by atoms with Crippen molar-refractivity contribution in [3.63, 3.8) is 0 Å². The first kappa shape index (κ1) is 22.4. The molecular formula is C20H21FN2O5S. The number of carbonyl (C=O) groups excluding carboxylic acids is 1. The van der Waals surface area contributed by atoms with Gasteiger partial charge in [0.05, 0.1) is 12.2 Å². The lowest BCUT2D eigenvalue weighted by atomic mass is 9.93. The van der Waals surface area contributed by atoms with Crippen molar-refractivity contribution in [2.75, 3.05) is 25.6 Å². The van der Waals surface area contributed by atoms with Gasteiger partial charge >= 0.3 is 11.9 Å². The maximum atomic E-state index is 13.3. The number of anilines is 1. The summed E-state index contributed by atoms with van der Waals surface area (Å²) in [4.78, 5) is 31.9. The Labute approximate surface area is 171 Å². The second-order valence-corrected chi connectivity index (χ2v) is 7.82. The summed E-state index contributed by atoms with van der Waals surface area (Å²) in [6.07, 6.45) is 0. The number of Topliss-reactive ketones (excluding diaryl/α,β-unsaturated/α-hetero) is 1. The van der Waals surface area contributed by atoms with Gasteiger partial charge in [0.1, 0.15) is 10.6 Å². The molecule has 0 amide bonds. The van der Waals surface area contributed by atoms with Gasteiger partial charge in [-0.3, -0.25) is 4.79 Å². The van der Waals surface area contributed by atoms with Gasteiger partial charge in [-0.05, 0) is 36.8 Å². The molecule has 0 saturated carbocycles. The number of ketones is 1. The Hall–Kier alpha value is -2.91. The Bertz CT molecular complexity index is 907. The zero-order chi connectivity index (χ0) is 21.8. The molecule has 9 heteroatoms. The van der Waals surface area contributed by atoms with E-state index < -0.39 is 16.7 Å². The molecule has 0 bridgehead atoms. The van der Waals surface area contributed by atoms with E-state index in [1.54, 1.807) is 30.8 Å². The van der Waals surface area contributed by atoms with Crippen LogP contribution in [0.15, 0.2) is 53.4 Å². The van der Waals surface area contributed by atoms with Crippen LogP contribution >= 0.6 is 11.8 Å². The number of hydrogen-bond donors (Lipinski definition) is 2. The van der Waals surface area contributed by atoms with Crippen molar-refractivity contribution >= 4 is 35.2 Å². The summed E-state index contributed by atoms with van der Waals surface area (Å²) >= 11 is 1.55. The molecule has 1 aliphatic heterocycles. The molecule has 29 heavy (non-hydrogen) atoms. The van der Waals surface area contributed by atoms with Gasteiger partial charge in [0.25, 0.3) is 0 Å². The summed E-state index contributed by atoms with van der Waals surface area (Å²) in [5, 5.41) is 18.9. The lowest BCUT2D eigenvalue weighted by Crippen LogP contribution is -2.51. The molecule has 0 fully saturated rings. The molecule has 0 radical (unpaired) electrons. The highest BCUT2D eigenvalue weighted by Gasteiger charge is 2.45. The first-order valence-electron chi connectivity index (χ1n) is 8.54. The fourth-order valence-corrected chi connectivity index (χ4v) is 4.27. The number of para-hydroxylation sites is 1. The van der Waals surface area contributed by atoms with Gasteiger partial charge in [-0.2, -0.15) is 0 Å². The highest BCUT2D eigenvalue weighted by molar-refractivity contribution is 8.01. The number of hydrazine groups is 1. The largest absolute Gasteiger partial charge is 0.473 e. The first-order valence-corrected chi connectivity index (χ1v) is 9.36. The van der Waals surface area contributed by atoms with Crippen LogP contribution < -0.4 is 5.01 Å². The molecule has 1 atom stereocenters. The second kappa shape index (κ2) is 9.06. The minimum absolute atomic E-state index is 0.0652. The van der Waals surface area contributed by atoms with Crippen molar-refractivity contribution in [2.24, 2.45) is 0 Å². The molecule has 0 aromatic heterocycles. The summed E-state index contributed by atoms with van der Waals surface area (Å²) in [5.41, 5.74) is 1.92. The smallest absolute Gasteiger partial charge is 0.414 e. The van der Waals surface area contributed by atoms with Gasteiger partial charge in [0.15, 0.2) is 5.78 Å². The van der Waals surface area contributed by atoms with Gasteiger partial charge in [0, 0.05) is 19.0 Å². The van der Waals surface area contributed by atoms with E-state index in [0.29, 0.717) is 6.54 Å². The van der Waals surface area contributed by atoms with Crippen LogP contribution in [0.1, 0.15) is 12.5 Å². The number of carbonyl (C=O) groups is 3. The zero-order valence-corrected chi connectivity index (χ0v) is 16.9. The molecule has 0 saturated heterocycles. The topological polar surface area (TPSA) is 98.2 Å². The molecule has 2 aromatic rings. The summed E-state index contributed by atoms with van der Waals surface area (Å²) in [7, 11) is 3.92. The van der Waals surface area contributed by atoms with E-state index >= 15 is 0 Å². The van der Waals surface area contributed by atoms with Crippen LogP contribution in [0.5, 0.6) is 0 Å². The van der Waals surface area contributed by atoms with Gasteiger partial charge in [-0.1, -0.05) is 24.3 Å². The lowest BCUT2D eigenvalue weighted by molar-refractivity contribution is -0.159. The van der Waals surface area contributed by atoms with Gasteiger partial charge < -0.3 is 15.2 Å². The van der Waals surface area contributed by atoms with Crippen molar-refractivity contribution in [3.05, 3.63) is 59.9 Å². The van der Waals surface area contributed by atoms with Gasteiger partial charge in [0.2, 0.25) is 0 Å². The Morgan fingerprint density at radius 3 is 2.07 bits per heavy atom. The van der Waals surface area contributed by atoms with Crippen LogP contribution in [-0.4, -0.2) is 53.6 Å². The maximum Gasteiger partial charge on any atom is 0.414 e. The van der Waals surface area contributed by atoms with Crippen LogP contribution in [0.2, 0.25) is 0 Å². The number of thioether (sulfide) groups is 1. The van der Waals surface area contributed by atoms with Crippen LogP contribution in [0.25, 0.3) is 0 Å². The Kier molecular flexibility index (Phi) is 6.99. The Balaban J connectivity index is 0.000000438. The van der Waals surface area contributed by atoms with E-state index in [4.69, 9.17) is 19.8 Å². The van der Waals surface area contributed by atoms with E-state index in [1.165, 1.54) is 12.1 Å². The third kappa shape index (κ3) is 4.93. The lowest BCUT2D eigenvalue weighted by Gasteiger charge is -2.45. The van der Waals surface area contributed by atoms with Crippen molar-refractivity contribution in [3.8, 4) is 0 Å². The molecule has 2 N–H and O–H groups in total. The number of halogens is 1. The predicted molar refractivity (Wildman–Crippen MR) is 107 cm³/mol. The number of carboxylic acid groups (broad SMARTS) is 2. The van der Waals surface area contributed by atoms with Crippen LogP contribution in [0, 0.1) is 5.82 Å². The predicted octanol–water partition coefficient (Wildman–Crippen LogP) is 2.85. The molecular weight excluding hydrogens is 399 g/mol. The summed E-state index contributed by atoms with van der Waals surface area (Å²) in [5.74, 6) is -3.88. The molecule has 1 aliphatic rings. The summed E-state index contributed by atoms with van der Waals surface area (Å²) < 4.78 is 12.6. The third-order valence-electron chi connectivity index (χ3n) is 4.34. The van der Waals surface area contributed by atoms with Crippen molar-refractivity contribution in [1.29, 1.82) is 0 Å². The summed E-state index contributed by atoms with van der Waals surface area (Å²) in [6.45, 7) is 2.13. The third-order valence-corrected chi connectivity index (χ3v) is 5.91. The molecule has 0 aliphatic carbocycles. The monoisotopic (exact) mass is 420 g/mol. The van der Waals surface area contributed by atoms with Gasteiger partial charge in [-0.15, -0.1) is 11.8 Å². The number of nitrogens with zero attached hydrogens (tertiary/aromatic N) is 2. The average Bonchev–Trinajstić information content (AvgIpc) is 2.67. The van der Waals surface area contributed by atoms with E-state index in [9.17, 15) is 9.18 Å². The van der Waals surface area contributed by atoms with Crippen molar-refractivity contribution < 1.29 is 29.0 Å². The molecule has 1 unspecified atom stereocenters. The molecule has 0 spiro atoms. The number of fused-ring (bicyclic) bond motifs is 1. The van der Waals surface area contributed by atoms with E-state index in [-0.39, 0.29) is 11.6 Å². The minimum Gasteiger partial charge on any atom is -0.473 e. The first-order chi connectivity index (χ1) is 13.6. The zero-order valence-electron chi connectivity index (χ0n) is 16.1. The standard InChI is InChI=1S/C18H19FN2OS.C2H2O4/c1-13(22)18(14-8-10-15(19)11-9-14)12-21(20(2)3)16-6-4-5-7-17(16)23-18;3-1(4)2(5)6/h4-11H,12H2,1-3H3;(H,3,4)(H,5,6). The van der Waals surface area contributed by atoms with Crippen LogP contribution in [0.3, 0.4) is 0 Å². The van der Waals surface area contributed by atoms with Crippen LogP contribution in [0.4, 0.5) is 10.1 Å². The quantitative estimate of drug-likeness (QED) is 0.732. The van der Waals surface area contributed by atoms with Crippen LogP contribution in [-0.2, 0) is 19.1 Å². The molecule has 1 heterocycles. The highest BCUT2D eigenvalue weighted by atomic mass is 32.2. The Morgan fingerprint density at radius 2 is 1.59 bits per heavy atom. The van der Waals surface area contributed by atoms with Crippen molar-refractivity contribution in [2.45, 2.75) is 16.6 Å². The number of rotatable bonds is 3.